The molecule has 0 spiro atoms. The van der Waals surface area contributed by atoms with Crippen molar-refractivity contribution in [2.45, 2.75) is 25.7 Å². The van der Waals surface area contributed by atoms with Crippen molar-refractivity contribution in [2.75, 3.05) is 13.1 Å². The van der Waals surface area contributed by atoms with E-state index in [0.717, 1.165) is 12.8 Å². The van der Waals surface area contributed by atoms with Crippen molar-refractivity contribution in [1.82, 2.24) is 10.6 Å². The van der Waals surface area contributed by atoms with E-state index in [-0.39, 0.29) is 23.7 Å². The molecular formula is C17H23N3O3. The van der Waals surface area contributed by atoms with Crippen molar-refractivity contribution < 1.29 is 14.4 Å². The van der Waals surface area contributed by atoms with Gasteiger partial charge in [0.2, 0.25) is 11.8 Å². The van der Waals surface area contributed by atoms with Gasteiger partial charge in [-0.05, 0) is 25.0 Å². The second kappa shape index (κ2) is 8.31. The molecule has 0 unspecified atom stereocenters. The zero-order valence-corrected chi connectivity index (χ0v) is 13.1. The minimum absolute atomic E-state index is 0.150. The van der Waals surface area contributed by atoms with E-state index < -0.39 is 5.91 Å². The zero-order chi connectivity index (χ0) is 16.7. The number of hydrogen-bond acceptors (Lipinski definition) is 3. The Morgan fingerprint density at radius 3 is 2.22 bits per heavy atom. The molecule has 6 nitrogen and oxygen atoms in total. The number of hydrogen-bond donors (Lipinski definition) is 3. The van der Waals surface area contributed by atoms with E-state index in [9.17, 15) is 14.4 Å². The molecule has 0 saturated heterocycles. The van der Waals surface area contributed by atoms with E-state index in [4.69, 9.17) is 5.73 Å². The largest absolute Gasteiger partial charge is 0.369 e. The van der Waals surface area contributed by atoms with Crippen LogP contribution >= 0.6 is 0 Å². The second-order valence-electron chi connectivity index (χ2n) is 5.81. The summed E-state index contributed by atoms with van der Waals surface area (Å²) in [6.07, 6.45) is 3.24. The number of nitrogens with two attached hydrogens (primary N) is 1. The Bertz CT molecular complexity index is 559. The fraction of sp³-hybridized carbons (Fsp3) is 0.471. The van der Waals surface area contributed by atoms with Gasteiger partial charge in [0.15, 0.2) is 0 Å². The lowest BCUT2D eigenvalue weighted by atomic mass is 9.78. The fourth-order valence-corrected chi connectivity index (χ4v) is 2.97. The van der Waals surface area contributed by atoms with Crippen LogP contribution in [-0.2, 0) is 9.59 Å². The van der Waals surface area contributed by atoms with Crippen LogP contribution in [0.2, 0.25) is 0 Å². The van der Waals surface area contributed by atoms with Crippen LogP contribution in [0.1, 0.15) is 36.0 Å². The lowest BCUT2D eigenvalue weighted by Gasteiger charge is -2.28. The molecule has 1 aromatic carbocycles. The van der Waals surface area contributed by atoms with Gasteiger partial charge in [-0.2, -0.15) is 0 Å². The van der Waals surface area contributed by atoms with Gasteiger partial charge in [0, 0.05) is 30.5 Å². The van der Waals surface area contributed by atoms with E-state index in [1.165, 1.54) is 0 Å². The number of benzene rings is 1. The molecule has 1 aromatic rings. The molecule has 6 heteroatoms. The lowest BCUT2D eigenvalue weighted by Crippen LogP contribution is -2.44. The first-order chi connectivity index (χ1) is 11.1. The molecular weight excluding hydrogens is 294 g/mol. The predicted octanol–water partition coefficient (Wildman–Crippen LogP) is 0.824. The van der Waals surface area contributed by atoms with Gasteiger partial charge in [-0.25, -0.2) is 0 Å². The molecule has 3 amide bonds. The van der Waals surface area contributed by atoms with Crippen LogP contribution in [0.15, 0.2) is 30.3 Å². The van der Waals surface area contributed by atoms with Gasteiger partial charge in [0.1, 0.15) is 0 Å². The number of carbonyl (C=O) groups is 3. The molecule has 2 atom stereocenters. The normalized spacial score (nSPS) is 20.5. The Balaban J connectivity index is 1.74. The summed E-state index contributed by atoms with van der Waals surface area (Å²) in [5.41, 5.74) is 5.96. The zero-order valence-electron chi connectivity index (χ0n) is 13.1. The van der Waals surface area contributed by atoms with Crippen molar-refractivity contribution in [1.29, 1.82) is 0 Å². The summed E-state index contributed by atoms with van der Waals surface area (Å²) in [5, 5.41) is 5.53. The molecule has 0 bridgehead atoms. The highest BCUT2D eigenvalue weighted by Crippen LogP contribution is 2.29. The van der Waals surface area contributed by atoms with Crippen molar-refractivity contribution in [2.24, 2.45) is 17.6 Å². The van der Waals surface area contributed by atoms with Crippen molar-refractivity contribution in [3.63, 3.8) is 0 Å². The van der Waals surface area contributed by atoms with E-state index in [2.05, 4.69) is 10.6 Å². The predicted molar refractivity (Wildman–Crippen MR) is 86.4 cm³/mol. The maximum atomic E-state index is 12.2. The third-order valence-corrected chi connectivity index (χ3v) is 4.21. The van der Waals surface area contributed by atoms with Gasteiger partial charge >= 0.3 is 0 Å². The topological polar surface area (TPSA) is 101 Å². The number of primary amides is 1. The highest BCUT2D eigenvalue weighted by Gasteiger charge is 2.34. The monoisotopic (exact) mass is 317 g/mol. The number of carbonyl (C=O) groups excluding carboxylic acids is 3. The summed E-state index contributed by atoms with van der Waals surface area (Å²) in [6.45, 7) is 0.673. The molecule has 4 N–H and O–H groups in total. The number of amides is 3. The Labute approximate surface area is 135 Å². The third-order valence-electron chi connectivity index (χ3n) is 4.21. The number of nitrogens with one attached hydrogen (secondary N) is 2. The van der Waals surface area contributed by atoms with Crippen molar-refractivity contribution >= 4 is 17.7 Å². The summed E-state index contributed by atoms with van der Waals surface area (Å²) in [4.78, 5) is 35.5. The summed E-state index contributed by atoms with van der Waals surface area (Å²) in [6, 6.07) is 8.89. The average Bonchev–Trinajstić information content (AvgIpc) is 2.59. The molecule has 23 heavy (non-hydrogen) atoms. The van der Waals surface area contributed by atoms with Crippen LogP contribution in [0.5, 0.6) is 0 Å². The summed E-state index contributed by atoms with van der Waals surface area (Å²) in [5.74, 6) is -1.44. The maximum absolute atomic E-state index is 12.2. The first kappa shape index (κ1) is 17.0. The molecule has 124 valence electrons. The van der Waals surface area contributed by atoms with E-state index in [1.54, 1.807) is 24.3 Å². The molecule has 0 aromatic heterocycles. The fourth-order valence-electron chi connectivity index (χ4n) is 2.97. The van der Waals surface area contributed by atoms with Gasteiger partial charge in [-0.3, -0.25) is 14.4 Å². The maximum Gasteiger partial charge on any atom is 0.251 e. The quantitative estimate of drug-likeness (QED) is 0.677. The third kappa shape index (κ3) is 4.81. The van der Waals surface area contributed by atoms with Crippen LogP contribution in [0, 0.1) is 11.8 Å². The summed E-state index contributed by atoms with van der Waals surface area (Å²) < 4.78 is 0. The van der Waals surface area contributed by atoms with E-state index >= 15 is 0 Å². The van der Waals surface area contributed by atoms with Gasteiger partial charge in [-0.1, -0.05) is 31.0 Å². The molecule has 2 rings (SSSR count). The first-order valence-corrected chi connectivity index (χ1v) is 8.00. The molecule has 1 aliphatic carbocycles. The van der Waals surface area contributed by atoms with Crippen LogP contribution in [0.3, 0.4) is 0 Å². The highest BCUT2D eigenvalue weighted by molar-refractivity contribution is 5.94. The Kier molecular flexibility index (Phi) is 6.14. The molecule has 1 aliphatic rings. The highest BCUT2D eigenvalue weighted by atomic mass is 16.2. The first-order valence-electron chi connectivity index (χ1n) is 8.00. The molecule has 0 heterocycles. The van der Waals surface area contributed by atoms with Gasteiger partial charge in [0.25, 0.3) is 5.91 Å². The second-order valence-corrected chi connectivity index (χ2v) is 5.81. The van der Waals surface area contributed by atoms with Gasteiger partial charge in [0.05, 0.1) is 0 Å². The van der Waals surface area contributed by atoms with Gasteiger partial charge in [-0.15, -0.1) is 0 Å². The SMILES string of the molecule is NC(=O)[C@H]1CCCC[C@H]1C(=O)NCCNC(=O)c1ccccc1. The summed E-state index contributed by atoms with van der Waals surface area (Å²) in [7, 11) is 0. The molecule has 1 fully saturated rings. The Morgan fingerprint density at radius 1 is 0.957 bits per heavy atom. The average molecular weight is 317 g/mol. The van der Waals surface area contributed by atoms with Gasteiger partial charge < -0.3 is 16.4 Å². The van der Waals surface area contributed by atoms with E-state index in [1.807, 2.05) is 6.07 Å². The molecule has 0 aliphatic heterocycles. The van der Waals surface area contributed by atoms with Crippen LogP contribution < -0.4 is 16.4 Å². The lowest BCUT2D eigenvalue weighted by molar-refractivity contribution is -0.134. The molecule has 1 saturated carbocycles. The van der Waals surface area contributed by atoms with Crippen LogP contribution in [-0.4, -0.2) is 30.8 Å². The Hall–Kier alpha value is -2.37. The Morgan fingerprint density at radius 2 is 1.57 bits per heavy atom. The standard InChI is InChI=1S/C17H23N3O3/c18-15(21)13-8-4-5-9-14(13)17(23)20-11-10-19-16(22)12-6-2-1-3-7-12/h1-3,6-7,13-14H,4-5,8-11H2,(H2,18,21)(H,19,22)(H,20,23)/t13-,14+/m0/s1. The minimum Gasteiger partial charge on any atom is -0.369 e. The van der Waals surface area contributed by atoms with Crippen molar-refractivity contribution in [3.05, 3.63) is 35.9 Å². The smallest absolute Gasteiger partial charge is 0.251 e. The van der Waals surface area contributed by atoms with Crippen molar-refractivity contribution in [3.8, 4) is 0 Å². The minimum atomic E-state index is -0.401. The summed E-state index contributed by atoms with van der Waals surface area (Å²) >= 11 is 0. The van der Waals surface area contributed by atoms with Crippen LogP contribution in [0.4, 0.5) is 0 Å². The van der Waals surface area contributed by atoms with Crippen LogP contribution in [0.25, 0.3) is 0 Å². The van der Waals surface area contributed by atoms with E-state index in [0.29, 0.717) is 31.5 Å². The number of rotatable bonds is 6. The molecule has 0 radical (unpaired) electrons.